The summed E-state index contributed by atoms with van der Waals surface area (Å²) in [5.41, 5.74) is 1.36. The fourth-order valence-electron chi connectivity index (χ4n) is 3.43. The Morgan fingerprint density at radius 2 is 2.04 bits per heavy atom. The third-order valence-electron chi connectivity index (χ3n) is 4.90. The number of carbonyl (C=O) groups is 1. The fraction of sp³-hybridized carbons (Fsp3) is 0.619. The molecule has 0 spiro atoms. The zero-order valence-corrected chi connectivity index (χ0v) is 19.6. The summed E-state index contributed by atoms with van der Waals surface area (Å²) in [6.07, 6.45) is 3.26. The predicted molar refractivity (Wildman–Crippen MR) is 125 cm³/mol. The molecular formula is C21H35IN4O2. The third-order valence-corrected chi connectivity index (χ3v) is 4.90. The van der Waals surface area contributed by atoms with E-state index in [-0.39, 0.29) is 29.9 Å². The summed E-state index contributed by atoms with van der Waals surface area (Å²) in [5, 5.41) is 6.91. The van der Waals surface area contributed by atoms with Crippen molar-refractivity contribution in [1.29, 1.82) is 0 Å². The van der Waals surface area contributed by atoms with E-state index in [4.69, 9.17) is 0 Å². The van der Waals surface area contributed by atoms with E-state index in [2.05, 4.69) is 69.4 Å². The molecule has 2 N–H and O–H groups in total. The van der Waals surface area contributed by atoms with Crippen LogP contribution in [0.2, 0.25) is 0 Å². The molecule has 1 aliphatic heterocycles. The number of aliphatic imine (C=N–C) groups is 1. The number of nitrogens with one attached hydrogen (secondary N) is 2. The van der Waals surface area contributed by atoms with Gasteiger partial charge in [-0.1, -0.05) is 30.3 Å². The molecule has 0 aromatic heterocycles. The Kier molecular flexibility index (Phi) is 12.1. The summed E-state index contributed by atoms with van der Waals surface area (Å²) in [6, 6.07) is 11.6. The summed E-state index contributed by atoms with van der Waals surface area (Å²) in [6.45, 7) is 7.92. The summed E-state index contributed by atoms with van der Waals surface area (Å²) < 4.78 is 4.66. The van der Waals surface area contributed by atoms with Gasteiger partial charge in [0.05, 0.1) is 7.11 Å². The summed E-state index contributed by atoms with van der Waals surface area (Å²) >= 11 is 0. The van der Waals surface area contributed by atoms with Crippen LogP contribution in [0.25, 0.3) is 0 Å². The van der Waals surface area contributed by atoms with Gasteiger partial charge in [-0.05, 0) is 38.7 Å². The lowest BCUT2D eigenvalue weighted by atomic mass is 10.2. The summed E-state index contributed by atoms with van der Waals surface area (Å²) in [5.74, 6) is 0.719. The van der Waals surface area contributed by atoms with Crippen molar-refractivity contribution in [3.05, 3.63) is 35.9 Å². The molecule has 2 unspecified atom stereocenters. The molecule has 7 heteroatoms. The van der Waals surface area contributed by atoms with Gasteiger partial charge >= 0.3 is 5.97 Å². The highest BCUT2D eigenvalue weighted by Gasteiger charge is 2.29. The lowest BCUT2D eigenvalue weighted by molar-refractivity contribution is -0.140. The highest BCUT2D eigenvalue weighted by atomic mass is 127. The van der Waals surface area contributed by atoms with Crippen LogP contribution in [0.4, 0.5) is 0 Å². The van der Waals surface area contributed by atoms with Crippen molar-refractivity contribution in [3.63, 3.8) is 0 Å². The monoisotopic (exact) mass is 502 g/mol. The molecule has 1 aromatic rings. The number of guanidine groups is 1. The van der Waals surface area contributed by atoms with E-state index in [1.807, 2.05) is 0 Å². The minimum absolute atomic E-state index is 0. The van der Waals surface area contributed by atoms with Crippen LogP contribution in [-0.4, -0.2) is 55.7 Å². The minimum Gasteiger partial charge on any atom is -0.469 e. The number of rotatable bonds is 9. The molecule has 1 aliphatic rings. The standard InChI is InChI=1S/C21H34N4O2.HI/c1-4-22-21(23-13-9-8-12-20(26)27-3)24-19-14-17(2)25(16-19)15-18-10-6-5-7-11-18;/h5-7,10-11,17,19H,4,8-9,12-16H2,1-3H3,(H2,22,23,24);1H. The number of carbonyl (C=O) groups excluding carboxylic acids is 1. The highest BCUT2D eigenvalue weighted by Crippen LogP contribution is 2.20. The number of halogens is 1. The number of methoxy groups -OCH3 is 1. The normalized spacial score (nSPS) is 19.8. The molecule has 1 fully saturated rings. The maximum absolute atomic E-state index is 11.1. The first-order valence-electron chi connectivity index (χ1n) is 10.0. The number of hydrogen-bond acceptors (Lipinski definition) is 4. The second-order valence-electron chi connectivity index (χ2n) is 7.13. The molecule has 0 amide bonds. The number of likely N-dealkylation sites (tertiary alicyclic amines) is 1. The van der Waals surface area contributed by atoms with E-state index in [1.54, 1.807) is 0 Å². The molecule has 6 nitrogen and oxygen atoms in total. The van der Waals surface area contributed by atoms with Gasteiger partial charge < -0.3 is 15.4 Å². The van der Waals surface area contributed by atoms with Gasteiger partial charge in [-0.2, -0.15) is 0 Å². The van der Waals surface area contributed by atoms with Crippen LogP contribution < -0.4 is 10.6 Å². The zero-order valence-electron chi connectivity index (χ0n) is 17.3. The number of nitrogens with zero attached hydrogens (tertiary/aromatic N) is 2. The Labute approximate surface area is 186 Å². The van der Waals surface area contributed by atoms with Gasteiger partial charge in [0.25, 0.3) is 0 Å². The number of ether oxygens (including phenoxy) is 1. The second-order valence-corrected chi connectivity index (χ2v) is 7.13. The molecule has 0 bridgehead atoms. The van der Waals surface area contributed by atoms with Crippen molar-refractivity contribution < 1.29 is 9.53 Å². The maximum Gasteiger partial charge on any atom is 0.305 e. The molecule has 28 heavy (non-hydrogen) atoms. The Balaban J connectivity index is 0.00000392. The molecule has 158 valence electrons. The maximum atomic E-state index is 11.1. The molecule has 1 saturated heterocycles. The first kappa shape index (κ1) is 24.7. The van der Waals surface area contributed by atoms with Crippen LogP contribution >= 0.6 is 24.0 Å². The average Bonchev–Trinajstić information content (AvgIpc) is 3.01. The van der Waals surface area contributed by atoms with E-state index in [9.17, 15) is 4.79 Å². The van der Waals surface area contributed by atoms with Gasteiger partial charge in [0.1, 0.15) is 0 Å². The fourth-order valence-corrected chi connectivity index (χ4v) is 3.43. The molecular weight excluding hydrogens is 467 g/mol. The van der Waals surface area contributed by atoms with Crippen molar-refractivity contribution in [2.45, 2.75) is 58.2 Å². The van der Waals surface area contributed by atoms with Gasteiger partial charge in [-0.15, -0.1) is 24.0 Å². The van der Waals surface area contributed by atoms with Crippen molar-refractivity contribution in [3.8, 4) is 0 Å². The van der Waals surface area contributed by atoms with Crippen LogP contribution in [0, 0.1) is 0 Å². The number of esters is 1. The van der Waals surface area contributed by atoms with Gasteiger partial charge in [0, 0.05) is 44.7 Å². The number of unbranched alkanes of at least 4 members (excludes halogenated alkanes) is 1. The van der Waals surface area contributed by atoms with Gasteiger partial charge in [0.2, 0.25) is 0 Å². The molecule has 1 aromatic carbocycles. The Hall–Kier alpha value is -1.35. The topological polar surface area (TPSA) is 66.0 Å². The highest BCUT2D eigenvalue weighted by molar-refractivity contribution is 14.0. The molecule has 2 rings (SSSR count). The number of hydrogen-bond donors (Lipinski definition) is 2. The van der Waals surface area contributed by atoms with E-state index in [1.165, 1.54) is 12.7 Å². The lowest BCUT2D eigenvalue weighted by Crippen LogP contribution is -2.44. The Morgan fingerprint density at radius 1 is 1.29 bits per heavy atom. The van der Waals surface area contributed by atoms with Crippen LogP contribution in [-0.2, 0) is 16.1 Å². The van der Waals surface area contributed by atoms with E-state index in [0.717, 1.165) is 44.9 Å². The SMILES string of the molecule is CCNC(=NCCCCC(=O)OC)NC1CC(C)N(Cc2ccccc2)C1.I. The summed E-state index contributed by atoms with van der Waals surface area (Å²) in [4.78, 5) is 18.3. The van der Waals surface area contributed by atoms with Crippen molar-refractivity contribution in [1.82, 2.24) is 15.5 Å². The van der Waals surface area contributed by atoms with E-state index < -0.39 is 0 Å². The van der Waals surface area contributed by atoms with E-state index >= 15 is 0 Å². The Bertz CT molecular complexity index is 597. The van der Waals surface area contributed by atoms with Gasteiger partial charge in [-0.3, -0.25) is 14.7 Å². The second kappa shape index (κ2) is 13.8. The lowest BCUT2D eigenvalue weighted by Gasteiger charge is -2.21. The number of benzene rings is 1. The summed E-state index contributed by atoms with van der Waals surface area (Å²) in [7, 11) is 1.43. The average molecular weight is 502 g/mol. The smallest absolute Gasteiger partial charge is 0.305 e. The minimum atomic E-state index is -0.150. The molecule has 2 atom stereocenters. The quantitative estimate of drug-likeness (QED) is 0.179. The van der Waals surface area contributed by atoms with Crippen molar-refractivity contribution in [2.75, 3.05) is 26.7 Å². The molecule has 0 aliphatic carbocycles. The van der Waals surface area contributed by atoms with Gasteiger partial charge in [-0.25, -0.2) is 0 Å². The first-order valence-corrected chi connectivity index (χ1v) is 10.0. The zero-order chi connectivity index (χ0) is 19.5. The van der Waals surface area contributed by atoms with E-state index in [0.29, 0.717) is 25.0 Å². The van der Waals surface area contributed by atoms with Crippen LogP contribution in [0.1, 0.15) is 45.1 Å². The van der Waals surface area contributed by atoms with Crippen molar-refractivity contribution in [2.24, 2.45) is 4.99 Å². The molecule has 0 radical (unpaired) electrons. The first-order chi connectivity index (χ1) is 13.1. The van der Waals surface area contributed by atoms with Crippen molar-refractivity contribution >= 4 is 35.9 Å². The predicted octanol–water partition coefficient (Wildman–Crippen LogP) is 3.17. The van der Waals surface area contributed by atoms with Crippen LogP contribution in [0.5, 0.6) is 0 Å². The Morgan fingerprint density at radius 3 is 2.71 bits per heavy atom. The largest absolute Gasteiger partial charge is 0.469 e. The van der Waals surface area contributed by atoms with Crippen LogP contribution in [0.3, 0.4) is 0 Å². The third kappa shape index (κ3) is 8.77. The van der Waals surface area contributed by atoms with Crippen LogP contribution in [0.15, 0.2) is 35.3 Å². The molecule has 0 saturated carbocycles. The molecule has 1 heterocycles. The van der Waals surface area contributed by atoms with Gasteiger partial charge in [0.15, 0.2) is 5.96 Å².